The topological polar surface area (TPSA) is 24.1 Å². The Morgan fingerprint density at radius 3 is 2.29 bits per heavy atom. The van der Waals surface area contributed by atoms with Crippen LogP contribution >= 0.6 is 0 Å². The van der Waals surface area contributed by atoms with E-state index in [1.54, 1.807) is 0 Å². The number of halogens is 2. The number of hydrogen-bond acceptors (Lipinski definition) is 2. The predicted molar refractivity (Wildman–Crippen MR) is 63.2 cm³/mol. The lowest BCUT2D eigenvalue weighted by molar-refractivity contribution is -0.0470. The van der Waals surface area contributed by atoms with Gasteiger partial charge in [-0.15, -0.1) is 0 Å². The first-order valence-corrected chi connectivity index (χ1v) is 6.89. The molecule has 0 amide bonds. The third kappa shape index (κ3) is 2.48. The third-order valence-corrected chi connectivity index (χ3v) is 4.89. The molecule has 3 fully saturated rings. The van der Waals surface area contributed by atoms with Crippen LogP contribution < -0.4 is 10.6 Å². The highest BCUT2D eigenvalue weighted by atomic mass is 19.3. The highest BCUT2D eigenvalue weighted by Gasteiger charge is 2.48. The van der Waals surface area contributed by atoms with Crippen molar-refractivity contribution < 1.29 is 8.78 Å². The zero-order chi connectivity index (χ0) is 11.9. The maximum atomic E-state index is 13.0. The summed E-state index contributed by atoms with van der Waals surface area (Å²) in [6, 6.07) is 0.652. The molecule has 1 heterocycles. The maximum absolute atomic E-state index is 13.0. The number of nitrogens with one attached hydrogen (secondary N) is 2. The summed E-state index contributed by atoms with van der Waals surface area (Å²) in [7, 11) is 0. The number of rotatable bonds is 3. The Bertz CT molecular complexity index is 271. The van der Waals surface area contributed by atoms with Crippen LogP contribution in [0.5, 0.6) is 0 Å². The summed E-state index contributed by atoms with van der Waals surface area (Å²) in [6.07, 6.45) is 4.14. The molecule has 2 saturated carbocycles. The van der Waals surface area contributed by atoms with Crippen molar-refractivity contribution in [3.05, 3.63) is 0 Å². The molecule has 0 radical (unpaired) electrons. The van der Waals surface area contributed by atoms with Gasteiger partial charge in [-0.25, -0.2) is 8.78 Å². The van der Waals surface area contributed by atoms with E-state index in [2.05, 4.69) is 10.6 Å². The van der Waals surface area contributed by atoms with Crippen LogP contribution in [0.4, 0.5) is 8.78 Å². The molecule has 3 rings (SSSR count). The maximum Gasteiger partial charge on any atom is 0.248 e. The molecule has 17 heavy (non-hydrogen) atoms. The lowest BCUT2D eigenvalue weighted by atomic mass is 9.61. The van der Waals surface area contributed by atoms with Crippen molar-refractivity contribution in [2.24, 2.45) is 11.3 Å². The molecule has 0 aromatic heterocycles. The van der Waals surface area contributed by atoms with E-state index in [1.807, 2.05) is 0 Å². The fourth-order valence-electron chi connectivity index (χ4n) is 3.53. The molecule has 1 aliphatic heterocycles. The van der Waals surface area contributed by atoms with Crippen LogP contribution in [0.25, 0.3) is 0 Å². The normalized spacial score (nSPS) is 35.3. The van der Waals surface area contributed by atoms with Gasteiger partial charge in [0, 0.05) is 32.0 Å². The second-order valence-corrected chi connectivity index (χ2v) is 6.42. The van der Waals surface area contributed by atoms with E-state index in [1.165, 1.54) is 25.9 Å². The average Bonchev–Trinajstić information content (AvgIpc) is 2.15. The molecule has 0 aromatic rings. The van der Waals surface area contributed by atoms with Crippen LogP contribution in [0.3, 0.4) is 0 Å². The smallest absolute Gasteiger partial charge is 0.248 e. The van der Waals surface area contributed by atoms with Gasteiger partial charge in [0.05, 0.1) is 0 Å². The number of alkyl halides is 2. The lowest BCUT2D eigenvalue weighted by Crippen LogP contribution is -2.64. The van der Waals surface area contributed by atoms with E-state index in [4.69, 9.17) is 0 Å². The first-order chi connectivity index (χ1) is 8.07. The van der Waals surface area contributed by atoms with Crippen LogP contribution in [0.15, 0.2) is 0 Å². The van der Waals surface area contributed by atoms with Crippen molar-refractivity contribution in [2.45, 2.75) is 50.5 Å². The van der Waals surface area contributed by atoms with Crippen LogP contribution in [0.1, 0.15) is 38.5 Å². The lowest BCUT2D eigenvalue weighted by Gasteiger charge is -2.55. The van der Waals surface area contributed by atoms with Gasteiger partial charge in [0.2, 0.25) is 5.92 Å². The van der Waals surface area contributed by atoms with E-state index in [9.17, 15) is 8.78 Å². The summed E-state index contributed by atoms with van der Waals surface area (Å²) in [4.78, 5) is 0. The molecule has 0 unspecified atom stereocenters. The largest absolute Gasteiger partial charge is 0.316 e. The minimum atomic E-state index is -2.38. The third-order valence-electron chi connectivity index (χ3n) is 4.89. The molecule has 0 aromatic carbocycles. The standard InChI is InChI=1S/C13H22F2N2/c14-13(15)3-1-10(2-4-13)7-17-11-5-12(6-11)8-16-9-12/h10-11,16-17H,1-9H2. The molecule has 98 valence electrons. The number of hydrogen-bond donors (Lipinski definition) is 2. The highest BCUT2D eigenvalue weighted by molar-refractivity contribution is 5.05. The molecule has 4 heteroatoms. The molecule has 3 aliphatic rings. The molecular weight excluding hydrogens is 222 g/mol. The summed E-state index contributed by atoms with van der Waals surface area (Å²) >= 11 is 0. The molecule has 2 aliphatic carbocycles. The first-order valence-electron chi connectivity index (χ1n) is 6.89. The van der Waals surface area contributed by atoms with E-state index >= 15 is 0 Å². The predicted octanol–water partition coefficient (Wildman–Crippen LogP) is 2.15. The van der Waals surface area contributed by atoms with Crippen molar-refractivity contribution in [1.29, 1.82) is 0 Å². The van der Waals surface area contributed by atoms with Gasteiger partial charge < -0.3 is 10.6 Å². The molecule has 1 spiro atoms. The molecule has 1 saturated heterocycles. The van der Waals surface area contributed by atoms with E-state index in [0.29, 0.717) is 30.2 Å². The van der Waals surface area contributed by atoms with E-state index in [-0.39, 0.29) is 12.8 Å². The minimum absolute atomic E-state index is 0.0951. The van der Waals surface area contributed by atoms with Gasteiger partial charge in [-0.3, -0.25) is 0 Å². The van der Waals surface area contributed by atoms with E-state index < -0.39 is 5.92 Å². The summed E-state index contributed by atoms with van der Waals surface area (Å²) < 4.78 is 26.0. The van der Waals surface area contributed by atoms with Crippen molar-refractivity contribution in [3.8, 4) is 0 Å². The summed E-state index contributed by atoms with van der Waals surface area (Å²) in [5.41, 5.74) is 0.608. The molecule has 2 N–H and O–H groups in total. The fraction of sp³-hybridized carbons (Fsp3) is 1.00. The Hall–Kier alpha value is -0.220. The van der Waals surface area contributed by atoms with Crippen molar-refractivity contribution in [1.82, 2.24) is 10.6 Å². The van der Waals surface area contributed by atoms with E-state index in [0.717, 1.165) is 6.54 Å². The Morgan fingerprint density at radius 2 is 1.76 bits per heavy atom. The fourth-order valence-corrected chi connectivity index (χ4v) is 3.53. The Morgan fingerprint density at radius 1 is 1.12 bits per heavy atom. The van der Waals surface area contributed by atoms with Crippen LogP contribution in [0.2, 0.25) is 0 Å². The second kappa shape index (κ2) is 4.16. The summed E-state index contributed by atoms with van der Waals surface area (Å²) in [5.74, 6) is -1.90. The minimum Gasteiger partial charge on any atom is -0.316 e. The quantitative estimate of drug-likeness (QED) is 0.795. The van der Waals surface area contributed by atoms with Gasteiger partial charge in [0.1, 0.15) is 0 Å². The first kappa shape index (κ1) is 11.8. The van der Waals surface area contributed by atoms with Gasteiger partial charge in [-0.1, -0.05) is 0 Å². The molecule has 2 nitrogen and oxygen atoms in total. The monoisotopic (exact) mass is 244 g/mol. The summed E-state index contributed by atoms with van der Waals surface area (Å²) in [6.45, 7) is 3.31. The van der Waals surface area contributed by atoms with Crippen molar-refractivity contribution in [2.75, 3.05) is 19.6 Å². The van der Waals surface area contributed by atoms with Gasteiger partial charge in [-0.05, 0) is 43.6 Å². The SMILES string of the molecule is FC1(F)CCC(CNC2CC3(CNC3)C2)CC1. The van der Waals surface area contributed by atoms with Crippen molar-refractivity contribution >= 4 is 0 Å². The Labute approximate surface area is 102 Å². The van der Waals surface area contributed by atoms with Gasteiger partial charge in [-0.2, -0.15) is 0 Å². The molecule has 0 bridgehead atoms. The van der Waals surface area contributed by atoms with Gasteiger partial charge in [0.25, 0.3) is 0 Å². The zero-order valence-corrected chi connectivity index (χ0v) is 10.3. The van der Waals surface area contributed by atoms with Gasteiger partial charge >= 0.3 is 0 Å². The van der Waals surface area contributed by atoms with Crippen LogP contribution in [0, 0.1) is 11.3 Å². The Kier molecular flexibility index (Phi) is 2.90. The van der Waals surface area contributed by atoms with Crippen LogP contribution in [-0.4, -0.2) is 31.6 Å². The van der Waals surface area contributed by atoms with Crippen molar-refractivity contribution in [3.63, 3.8) is 0 Å². The molecule has 0 atom stereocenters. The zero-order valence-electron chi connectivity index (χ0n) is 10.3. The average molecular weight is 244 g/mol. The Balaban J connectivity index is 1.33. The van der Waals surface area contributed by atoms with Gasteiger partial charge in [0.15, 0.2) is 0 Å². The molecular formula is C13H22F2N2. The second-order valence-electron chi connectivity index (χ2n) is 6.42. The highest BCUT2D eigenvalue weighted by Crippen LogP contribution is 2.44. The summed E-state index contributed by atoms with van der Waals surface area (Å²) in [5, 5.41) is 6.89. The van der Waals surface area contributed by atoms with Crippen LogP contribution in [-0.2, 0) is 0 Å².